The lowest BCUT2D eigenvalue weighted by molar-refractivity contribution is -0.121. The summed E-state index contributed by atoms with van der Waals surface area (Å²) >= 11 is 0. The average molecular weight is 275 g/mol. The number of ketones is 1. The van der Waals surface area contributed by atoms with E-state index in [1.807, 2.05) is 19.1 Å². The lowest BCUT2D eigenvalue weighted by Crippen LogP contribution is -2.39. The van der Waals surface area contributed by atoms with Crippen molar-refractivity contribution < 1.29 is 14.3 Å². The summed E-state index contributed by atoms with van der Waals surface area (Å²) in [5, 5.41) is 2.82. The molecule has 1 aromatic rings. The molecule has 1 heterocycles. The monoisotopic (exact) mass is 275 g/mol. The molecule has 4 heteroatoms. The van der Waals surface area contributed by atoms with Crippen molar-refractivity contribution in [2.24, 2.45) is 0 Å². The fourth-order valence-corrected chi connectivity index (χ4v) is 2.37. The summed E-state index contributed by atoms with van der Waals surface area (Å²) in [4.78, 5) is 24.2. The highest BCUT2D eigenvalue weighted by Crippen LogP contribution is 2.22. The van der Waals surface area contributed by atoms with Gasteiger partial charge in [0.05, 0.1) is 18.2 Å². The number of benzene rings is 1. The van der Waals surface area contributed by atoms with E-state index in [2.05, 4.69) is 5.32 Å². The van der Waals surface area contributed by atoms with Gasteiger partial charge in [-0.25, -0.2) is 0 Å². The first-order valence-electron chi connectivity index (χ1n) is 7.27. The third-order valence-electron chi connectivity index (χ3n) is 3.41. The van der Waals surface area contributed by atoms with Gasteiger partial charge < -0.3 is 10.1 Å². The fourth-order valence-electron chi connectivity index (χ4n) is 2.37. The van der Waals surface area contributed by atoms with Crippen molar-refractivity contribution in [3.63, 3.8) is 0 Å². The maximum absolute atomic E-state index is 12.6. The average Bonchev–Trinajstić information content (AvgIpc) is 2.69. The van der Waals surface area contributed by atoms with Crippen LogP contribution in [0.1, 0.15) is 49.4 Å². The quantitative estimate of drug-likeness (QED) is 0.841. The van der Waals surface area contributed by atoms with Gasteiger partial charge in [-0.15, -0.1) is 0 Å². The molecule has 0 bridgehead atoms. The SMILES string of the molecule is CCCOc1ccccc1C(=O)C1CCCCC(=O)N1. The van der Waals surface area contributed by atoms with E-state index < -0.39 is 6.04 Å². The minimum absolute atomic E-state index is 0.0344. The highest BCUT2D eigenvalue weighted by molar-refractivity contribution is 6.04. The van der Waals surface area contributed by atoms with E-state index in [0.717, 1.165) is 19.3 Å². The minimum atomic E-state index is -0.420. The van der Waals surface area contributed by atoms with Crippen LogP contribution in [0.3, 0.4) is 0 Å². The second-order valence-corrected chi connectivity index (χ2v) is 5.07. The second-order valence-electron chi connectivity index (χ2n) is 5.07. The molecular formula is C16H21NO3. The van der Waals surface area contributed by atoms with Gasteiger partial charge in [0.1, 0.15) is 5.75 Å². The van der Waals surface area contributed by atoms with Crippen molar-refractivity contribution in [3.8, 4) is 5.75 Å². The van der Waals surface area contributed by atoms with Gasteiger partial charge in [-0.2, -0.15) is 0 Å². The highest BCUT2D eigenvalue weighted by Gasteiger charge is 2.26. The number of amides is 1. The van der Waals surface area contributed by atoms with E-state index in [0.29, 0.717) is 30.8 Å². The number of carbonyl (C=O) groups is 2. The van der Waals surface area contributed by atoms with Crippen LogP contribution >= 0.6 is 0 Å². The molecule has 2 rings (SSSR count). The smallest absolute Gasteiger partial charge is 0.220 e. The molecule has 1 aliphatic heterocycles. The molecule has 20 heavy (non-hydrogen) atoms. The second kappa shape index (κ2) is 7.08. The Labute approximate surface area is 119 Å². The van der Waals surface area contributed by atoms with Gasteiger partial charge in [-0.05, 0) is 31.4 Å². The third-order valence-corrected chi connectivity index (χ3v) is 3.41. The number of Topliss-reactive ketones (excluding diaryl/α,β-unsaturated/α-hetero) is 1. The molecule has 4 nitrogen and oxygen atoms in total. The van der Waals surface area contributed by atoms with Crippen LogP contribution in [0.25, 0.3) is 0 Å². The Balaban J connectivity index is 2.17. The zero-order valence-corrected chi connectivity index (χ0v) is 11.9. The molecule has 1 N–H and O–H groups in total. The van der Waals surface area contributed by atoms with Gasteiger partial charge in [0.25, 0.3) is 0 Å². The molecule has 108 valence electrons. The van der Waals surface area contributed by atoms with Crippen molar-refractivity contribution in [2.45, 2.75) is 45.1 Å². The van der Waals surface area contributed by atoms with Crippen LogP contribution in [0.15, 0.2) is 24.3 Å². The van der Waals surface area contributed by atoms with Gasteiger partial charge in [0.15, 0.2) is 5.78 Å². The molecule has 1 amide bonds. The zero-order valence-electron chi connectivity index (χ0n) is 11.9. The van der Waals surface area contributed by atoms with Crippen LogP contribution < -0.4 is 10.1 Å². The molecule has 0 saturated carbocycles. The minimum Gasteiger partial charge on any atom is -0.493 e. The molecule has 0 radical (unpaired) electrons. The Bertz CT molecular complexity index is 484. The van der Waals surface area contributed by atoms with E-state index in [-0.39, 0.29) is 11.7 Å². The zero-order chi connectivity index (χ0) is 14.4. The molecule has 0 aliphatic carbocycles. The van der Waals surface area contributed by atoms with Crippen LogP contribution in [0.4, 0.5) is 0 Å². The first kappa shape index (κ1) is 14.6. The van der Waals surface area contributed by atoms with Crippen LogP contribution in [0.5, 0.6) is 5.75 Å². The summed E-state index contributed by atoms with van der Waals surface area (Å²) in [7, 11) is 0. The van der Waals surface area contributed by atoms with Crippen molar-refractivity contribution in [1.82, 2.24) is 5.32 Å². The summed E-state index contributed by atoms with van der Waals surface area (Å²) in [5.74, 6) is 0.526. The van der Waals surface area contributed by atoms with Crippen molar-refractivity contribution in [1.29, 1.82) is 0 Å². The van der Waals surface area contributed by atoms with E-state index in [9.17, 15) is 9.59 Å². The summed E-state index contributed by atoms with van der Waals surface area (Å²) in [6.45, 7) is 2.61. The maximum atomic E-state index is 12.6. The van der Waals surface area contributed by atoms with Crippen molar-refractivity contribution in [2.75, 3.05) is 6.61 Å². The number of para-hydroxylation sites is 1. The maximum Gasteiger partial charge on any atom is 0.220 e. The molecular weight excluding hydrogens is 254 g/mol. The van der Waals surface area contributed by atoms with Crippen LogP contribution in [-0.2, 0) is 4.79 Å². The number of hydrogen-bond acceptors (Lipinski definition) is 3. The van der Waals surface area contributed by atoms with Gasteiger partial charge in [0, 0.05) is 6.42 Å². The number of rotatable bonds is 5. The lowest BCUT2D eigenvalue weighted by Gasteiger charge is -2.17. The summed E-state index contributed by atoms with van der Waals surface area (Å²) in [6, 6.07) is 6.83. The molecule has 1 unspecified atom stereocenters. The predicted molar refractivity (Wildman–Crippen MR) is 77.0 cm³/mol. The Kier molecular flexibility index (Phi) is 5.16. The first-order valence-corrected chi connectivity index (χ1v) is 7.27. The van der Waals surface area contributed by atoms with Gasteiger partial charge in [-0.1, -0.05) is 25.5 Å². The largest absolute Gasteiger partial charge is 0.493 e. The first-order chi connectivity index (χ1) is 9.72. The highest BCUT2D eigenvalue weighted by atomic mass is 16.5. The Morgan fingerprint density at radius 1 is 1.35 bits per heavy atom. The summed E-state index contributed by atoms with van der Waals surface area (Å²) < 4.78 is 5.62. The van der Waals surface area contributed by atoms with Gasteiger partial charge in [0.2, 0.25) is 5.91 Å². The molecule has 0 spiro atoms. The Morgan fingerprint density at radius 2 is 2.15 bits per heavy atom. The molecule has 1 atom stereocenters. The molecule has 0 aromatic heterocycles. The Morgan fingerprint density at radius 3 is 2.95 bits per heavy atom. The van der Waals surface area contributed by atoms with Gasteiger partial charge >= 0.3 is 0 Å². The van der Waals surface area contributed by atoms with E-state index in [4.69, 9.17) is 4.74 Å². The standard InChI is InChI=1S/C16H21NO3/c1-2-11-20-14-9-5-3-7-12(14)16(19)13-8-4-6-10-15(18)17-13/h3,5,7,9,13H,2,4,6,8,10-11H2,1H3,(H,17,18). The normalized spacial score (nSPS) is 19.1. The lowest BCUT2D eigenvalue weighted by atomic mass is 9.99. The number of carbonyl (C=O) groups excluding carboxylic acids is 2. The molecule has 1 saturated heterocycles. The van der Waals surface area contributed by atoms with Crippen LogP contribution in [0, 0.1) is 0 Å². The molecule has 1 fully saturated rings. The van der Waals surface area contributed by atoms with Crippen LogP contribution in [0.2, 0.25) is 0 Å². The molecule has 1 aliphatic rings. The fraction of sp³-hybridized carbons (Fsp3) is 0.500. The third kappa shape index (κ3) is 3.59. The van der Waals surface area contributed by atoms with Crippen LogP contribution in [-0.4, -0.2) is 24.3 Å². The topological polar surface area (TPSA) is 55.4 Å². The summed E-state index contributed by atoms with van der Waals surface area (Å²) in [5.41, 5.74) is 0.563. The number of hydrogen-bond donors (Lipinski definition) is 1. The van der Waals surface area contributed by atoms with Gasteiger partial charge in [-0.3, -0.25) is 9.59 Å². The Hall–Kier alpha value is -1.84. The number of nitrogens with one attached hydrogen (secondary N) is 1. The molecule has 1 aromatic carbocycles. The predicted octanol–water partition coefficient (Wildman–Crippen LogP) is 2.72. The van der Waals surface area contributed by atoms with E-state index in [1.54, 1.807) is 12.1 Å². The van der Waals surface area contributed by atoms with E-state index in [1.165, 1.54) is 0 Å². The van der Waals surface area contributed by atoms with E-state index >= 15 is 0 Å². The number of ether oxygens (including phenoxy) is 1. The van der Waals surface area contributed by atoms with Crippen molar-refractivity contribution >= 4 is 11.7 Å². The summed E-state index contributed by atoms with van der Waals surface area (Å²) in [6.07, 6.45) is 3.85. The van der Waals surface area contributed by atoms with Crippen molar-refractivity contribution in [3.05, 3.63) is 29.8 Å².